The molecule has 19 heavy (non-hydrogen) atoms. The number of nitrogens with zero attached hydrogens (tertiary/aromatic N) is 4. The first-order valence-corrected chi connectivity index (χ1v) is 7.04. The van der Waals surface area contributed by atoms with E-state index in [1.807, 2.05) is 25.1 Å². The van der Waals surface area contributed by atoms with Crippen LogP contribution in [-0.4, -0.2) is 54.6 Å². The highest BCUT2D eigenvalue weighted by Gasteiger charge is 2.23. The van der Waals surface area contributed by atoms with Crippen molar-refractivity contribution < 1.29 is 0 Å². The molecular weight excluding hydrogens is 238 g/mol. The number of nitrogens with one attached hydrogen (secondary N) is 1. The second-order valence-corrected chi connectivity index (χ2v) is 5.76. The summed E-state index contributed by atoms with van der Waals surface area (Å²) in [5.41, 5.74) is 0. The predicted molar refractivity (Wildman–Crippen MR) is 79.7 cm³/mol. The third-order valence-electron chi connectivity index (χ3n) is 3.66. The normalized spacial score (nSPS) is 19.9. The van der Waals surface area contributed by atoms with Crippen LogP contribution in [0.3, 0.4) is 0 Å². The first-order chi connectivity index (χ1) is 9.06. The zero-order valence-electron chi connectivity index (χ0n) is 12.4. The molecule has 0 radical (unpaired) electrons. The van der Waals surface area contributed by atoms with Gasteiger partial charge in [0, 0.05) is 39.4 Å². The number of aromatic nitrogens is 2. The van der Waals surface area contributed by atoms with Crippen molar-refractivity contribution in [1.82, 2.24) is 14.9 Å². The summed E-state index contributed by atoms with van der Waals surface area (Å²) in [6.45, 7) is 7.94. The molecule has 1 aromatic rings. The number of rotatable bonds is 5. The van der Waals surface area contributed by atoms with Crippen LogP contribution in [0, 0.1) is 5.92 Å². The molecule has 106 valence electrons. The average molecular weight is 263 g/mol. The van der Waals surface area contributed by atoms with Crippen molar-refractivity contribution in [2.75, 3.05) is 43.9 Å². The zero-order valence-corrected chi connectivity index (χ0v) is 12.4. The first kappa shape index (κ1) is 14.1. The minimum atomic E-state index is 0.657. The number of hydrogen-bond acceptors (Lipinski definition) is 5. The second-order valence-electron chi connectivity index (χ2n) is 5.76. The Morgan fingerprint density at radius 1 is 1.47 bits per heavy atom. The van der Waals surface area contributed by atoms with Gasteiger partial charge in [-0.05, 0) is 38.8 Å². The molecule has 0 bridgehead atoms. The molecule has 1 saturated heterocycles. The Balaban J connectivity index is 1.84. The molecule has 1 fully saturated rings. The van der Waals surface area contributed by atoms with Crippen molar-refractivity contribution in [3.63, 3.8) is 0 Å². The van der Waals surface area contributed by atoms with Crippen LogP contribution in [0.25, 0.3) is 0 Å². The van der Waals surface area contributed by atoms with Gasteiger partial charge in [-0.1, -0.05) is 0 Å². The van der Waals surface area contributed by atoms with E-state index in [1.54, 1.807) is 6.20 Å². The van der Waals surface area contributed by atoms with Crippen molar-refractivity contribution in [3.8, 4) is 0 Å². The van der Waals surface area contributed by atoms with Crippen LogP contribution in [0.1, 0.15) is 20.3 Å². The van der Waals surface area contributed by atoms with Gasteiger partial charge < -0.3 is 15.1 Å². The van der Waals surface area contributed by atoms with Crippen LogP contribution in [-0.2, 0) is 0 Å². The largest absolute Gasteiger partial charge is 0.370 e. The van der Waals surface area contributed by atoms with Crippen LogP contribution in [0.5, 0.6) is 0 Å². The molecule has 5 heteroatoms. The minimum absolute atomic E-state index is 0.657. The van der Waals surface area contributed by atoms with E-state index in [1.165, 1.54) is 19.5 Å². The van der Waals surface area contributed by atoms with E-state index < -0.39 is 0 Å². The predicted octanol–water partition coefficient (Wildman–Crippen LogP) is 1.68. The average Bonchev–Trinajstić information content (AvgIpc) is 2.85. The maximum absolute atomic E-state index is 4.48. The van der Waals surface area contributed by atoms with Crippen LogP contribution in [0.15, 0.2) is 12.3 Å². The molecule has 1 aliphatic rings. The smallest absolute Gasteiger partial charge is 0.226 e. The van der Waals surface area contributed by atoms with Crippen molar-refractivity contribution in [2.45, 2.75) is 26.3 Å². The van der Waals surface area contributed by atoms with Gasteiger partial charge in [0.05, 0.1) is 0 Å². The van der Waals surface area contributed by atoms with Gasteiger partial charge in [0.15, 0.2) is 0 Å². The molecule has 1 unspecified atom stereocenters. The summed E-state index contributed by atoms with van der Waals surface area (Å²) in [5.74, 6) is 2.39. The molecule has 2 rings (SSSR count). The van der Waals surface area contributed by atoms with E-state index in [0.717, 1.165) is 24.2 Å². The van der Waals surface area contributed by atoms with E-state index in [4.69, 9.17) is 0 Å². The maximum Gasteiger partial charge on any atom is 0.226 e. The van der Waals surface area contributed by atoms with Gasteiger partial charge >= 0.3 is 0 Å². The summed E-state index contributed by atoms with van der Waals surface area (Å²) in [7, 11) is 3.91. The monoisotopic (exact) mass is 263 g/mol. The Kier molecular flexibility index (Phi) is 4.58. The second kappa shape index (κ2) is 6.19. The summed E-state index contributed by atoms with van der Waals surface area (Å²) in [6, 6.07) is 2.59. The maximum atomic E-state index is 4.48. The van der Waals surface area contributed by atoms with E-state index >= 15 is 0 Å². The fourth-order valence-corrected chi connectivity index (χ4v) is 2.41. The highest BCUT2D eigenvalue weighted by molar-refractivity contribution is 5.40. The molecular formula is C14H25N5. The topological polar surface area (TPSA) is 44.3 Å². The van der Waals surface area contributed by atoms with Gasteiger partial charge in [-0.2, -0.15) is 4.98 Å². The van der Waals surface area contributed by atoms with Gasteiger partial charge in [-0.15, -0.1) is 0 Å². The molecule has 0 saturated carbocycles. The van der Waals surface area contributed by atoms with Crippen molar-refractivity contribution >= 4 is 11.8 Å². The summed E-state index contributed by atoms with van der Waals surface area (Å²) < 4.78 is 0. The number of hydrogen-bond donors (Lipinski definition) is 1. The minimum Gasteiger partial charge on any atom is -0.370 e. The summed E-state index contributed by atoms with van der Waals surface area (Å²) >= 11 is 0. The van der Waals surface area contributed by atoms with Gasteiger partial charge in [0.25, 0.3) is 0 Å². The lowest BCUT2D eigenvalue weighted by molar-refractivity contribution is 0.266. The molecule has 2 heterocycles. The van der Waals surface area contributed by atoms with Crippen LogP contribution in [0.4, 0.5) is 11.8 Å². The summed E-state index contributed by atoms with van der Waals surface area (Å²) in [4.78, 5) is 13.2. The number of likely N-dealkylation sites (tertiary alicyclic amines) is 1. The van der Waals surface area contributed by atoms with Gasteiger partial charge in [-0.25, -0.2) is 4.98 Å². The van der Waals surface area contributed by atoms with Gasteiger partial charge in [0.1, 0.15) is 5.82 Å². The molecule has 0 aliphatic carbocycles. The fourth-order valence-electron chi connectivity index (χ4n) is 2.41. The SMILES string of the molecule is CC(C)N1CCC(CNc2ccnc(N(C)C)n2)C1. The number of anilines is 2. The highest BCUT2D eigenvalue weighted by atomic mass is 15.2. The molecule has 1 atom stereocenters. The Morgan fingerprint density at radius 3 is 2.89 bits per heavy atom. The Labute approximate surface area is 116 Å². The lowest BCUT2D eigenvalue weighted by Gasteiger charge is -2.20. The summed E-state index contributed by atoms with van der Waals surface area (Å²) in [6.07, 6.45) is 3.08. The lowest BCUT2D eigenvalue weighted by Crippen LogP contribution is -2.29. The zero-order chi connectivity index (χ0) is 13.8. The molecule has 5 nitrogen and oxygen atoms in total. The van der Waals surface area contributed by atoms with Crippen molar-refractivity contribution in [3.05, 3.63) is 12.3 Å². The molecule has 1 N–H and O–H groups in total. The van der Waals surface area contributed by atoms with Crippen LogP contribution in [0.2, 0.25) is 0 Å². The Morgan fingerprint density at radius 2 is 2.26 bits per heavy atom. The Hall–Kier alpha value is -1.36. The highest BCUT2D eigenvalue weighted by Crippen LogP contribution is 2.19. The molecule has 1 aromatic heterocycles. The Bertz CT molecular complexity index is 405. The van der Waals surface area contributed by atoms with Crippen molar-refractivity contribution in [2.24, 2.45) is 5.92 Å². The van der Waals surface area contributed by atoms with Crippen molar-refractivity contribution in [1.29, 1.82) is 0 Å². The summed E-state index contributed by atoms with van der Waals surface area (Å²) in [5, 5.41) is 3.44. The van der Waals surface area contributed by atoms with Gasteiger partial charge in [-0.3, -0.25) is 0 Å². The lowest BCUT2D eigenvalue weighted by atomic mass is 10.1. The van der Waals surface area contributed by atoms with E-state index in [2.05, 4.69) is 34.0 Å². The van der Waals surface area contributed by atoms with Gasteiger partial charge in [0.2, 0.25) is 5.95 Å². The molecule has 1 aliphatic heterocycles. The molecule has 0 spiro atoms. The fraction of sp³-hybridized carbons (Fsp3) is 0.714. The third kappa shape index (κ3) is 3.80. The van der Waals surface area contributed by atoms with E-state index in [9.17, 15) is 0 Å². The van der Waals surface area contributed by atoms with Crippen LogP contribution >= 0.6 is 0 Å². The molecule has 0 aromatic carbocycles. The quantitative estimate of drug-likeness (QED) is 0.875. The third-order valence-corrected chi connectivity index (χ3v) is 3.66. The van der Waals surface area contributed by atoms with E-state index in [0.29, 0.717) is 6.04 Å². The van der Waals surface area contributed by atoms with E-state index in [-0.39, 0.29) is 0 Å². The molecule has 0 amide bonds. The first-order valence-electron chi connectivity index (χ1n) is 7.04. The standard InChI is InChI=1S/C14H25N5/c1-11(2)19-8-6-12(10-19)9-16-13-5-7-15-14(17-13)18(3)4/h5,7,11-12H,6,8-10H2,1-4H3,(H,15,16,17). The van der Waals surface area contributed by atoms with Crippen LogP contribution < -0.4 is 10.2 Å².